The van der Waals surface area contributed by atoms with Gasteiger partial charge in [-0.05, 0) is 35.9 Å². The molecule has 1 heterocycles. The van der Waals surface area contributed by atoms with Crippen molar-refractivity contribution in [3.8, 4) is 11.5 Å². The molecular weight excluding hydrogens is 407 g/mol. The molecule has 0 bridgehead atoms. The van der Waals surface area contributed by atoms with Crippen LogP contribution in [0.25, 0.3) is 11.5 Å². The van der Waals surface area contributed by atoms with Crippen molar-refractivity contribution in [1.82, 2.24) is 10.2 Å². The van der Waals surface area contributed by atoms with Crippen LogP contribution in [0.5, 0.6) is 0 Å². The van der Waals surface area contributed by atoms with Crippen molar-refractivity contribution in [2.75, 3.05) is 0 Å². The lowest BCUT2D eigenvalue weighted by Gasteiger charge is -2.02. The lowest BCUT2D eigenvalue weighted by atomic mass is 10.2. The summed E-state index contributed by atoms with van der Waals surface area (Å²) in [7, 11) is 0. The highest BCUT2D eigenvalue weighted by molar-refractivity contribution is 9.10. The quantitative estimate of drug-likeness (QED) is 0.482. The molecule has 0 saturated carbocycles. The van der Waals surface area contributed by atoms with E-state index in [1.807, 2.05) is 36.4 Å². The van der Waals surface area contributed by atoms with E-state index in [0.29, 0.717) is 26.9 Å². The molecule has 2 aromatic carbocycles. The van der Waals surface area contributed by atoms with Gasteiger partial charge in [0.15, 0.2) is 0 Å². The Morgan fingerprint density at radius 2 is 1.95 bits per heavy atom. The molecular formula is C15H9BrCl2N2OS. The average molecular weight is 416 g/mol. The van der Waals surface area contributed by atoms with Crippen LogP contribution in [0.15, 0.2) is 56.6 Å². The summed E-state index contributed by atoms with van der Waals surface area (Å²) in [6.07, 6.45) is 0. The highest BCUT2D eigenvalue weighted by Crippen LogP contribution is 2.30. The molecule has 3 nitrogen and oxygen atoms in total. The van der Waals surface area contributed by atoms with Crippen LogP contribution in [0.3, 0.4) is 0 Å². The number of nitrogens with zero attached hydrogens (tertiary/aromatic N) is 2. The minimum absolute atomic E-state index is 0.492. The number of thioether (sulfide) groups is 1. The zero-order valence-electron chi connectivity index (χ0n) is 11.1. The third kappa shape index (κ3) is 3.84. The van der Waals surface area contributed by atoms with E-state index in [9.17, 15) is 0 Å². The van der Waals surface area contributed by atoms with Gasteiger partial charge in [0.2, 0.25) is 5.89 Å². The predicted octanol–water partition coefficient (Wildman–Crippen LogP) is 6.10. The second-order valence-corrected chi connectivity index (χ2v) is 7.09. The summed E-state index contributed by atoms with van der Waals surface area (Å²) in [4.78, 5) is 0. The molecule has 0 saturated heterocycles. The van der Waals surface area contributed by atoms with Crippen molar-refractivity contribution in [3.63, 3.8) is 0 Å². The van der Waals surface area contributed by atoms with E-state index in [1.165, 1.54) is 11.8 Å². The van der Waals surface area contributed by atoms with Gasteiger partial charge in [-0.3, -0.25) is 0 Å². The maximum Gasteiger partial charge on any atom is 0.277 e. The molecule has 0 atom stereocenters. The van der Waals surface area contributed by atoms with Gasteiger partial charge in [0.25, 0.3) is 5.22 Å². The molecule has 0 radical (unpaired) electrons. The van der Waals surface area contributed by atoms with Gasteiger partial charge in [-0.2, -0.15) is 0 Å². The van der Waals surface area contributed by atoms with Crippen molar-refractivity contribution < 1.29 is 4.42 Å². The fourth-order valence-electron chi connectivity index (χ4n) is 1.78. The van der Waals surface area contributed by atoms with Crippen molar-refractivity contribution in [1.29, 1.82) is 0 Å². The van der Waals surface area contributed by atoms with E-state index in [0.717, 1.165) is 15.6 Å². The van der Waals surface area contributed by atoms with E-state index < -0.39 is 0 Å². The van der Waals surface area contributed by atoms with E-state index in [2.05, 4.69) is 26.1 Å². The van der Waals surface area contributed by atoms with Crippen LogP contribution >= 0.6 is 50.9 Å². The lowest BCUT2D eigenvalue weighted by Crippen LogP contribution is -1.82. The first-order chi connectivity index (χ1) is 10.6. The summed E-state index contributed by atoms with van der Waals surface area (Å²) < 4.78 is 6.62. The Hall–Kier alpha value is -1.01. The van der Waals surface area contributed by atoms with Gasteiger partial charge in [-0.15, -0.1) is 10.2 Å². The minimum Gasteiger partial charge on any atom is -0.411 e. The highest BCUT2D eigenvalue weighted by Gasteiger charge is 2.10. The number of hydrogen-bond acceptors (Lipinski definition) is 4. The normalized spacial score (nSPS) is 10.9. The van der Waals surface area contributed by atoms with Gasteiger partial charge in [0.05, 0.1) is 0 Å². The Balaban J connectivity index is 1.72. The smallest absolute Gasteiger partial charge is 0.277 e. The van der Waals surface area contributed by atoms with Gasteiger partial charge < -0.3 is 4.42 Å². The van der Waals surface area contributed by atoms with E-state index in [1.54, 1.807) is 6.07 Å². The monoisotopic (exact) mass is 414 g/mol. The summed E-state index contributed by atoms with van der Waals surface area (Å²) in [5.74, 6) is 1.13. The summed E-state index contributed by atoms with van der Waals surface area (Å²) in [6, 6.07) is 13.1. The second-order valence-electron chi connectivity index (χ2n) is 4.41. The molecule has 7 heteroatoms. The highest BCUT2D eigenvalue weighted by atomic mass is 79.9. The van der Waals surface area contributed by atoms with Crippen LogP contribution in [-0.2, 0) is 5.75 Å². The summed E-state index contributed by atoms with van der Waals surface area (Å²) in [6.45, 7) is 0. The third-order valence-electron chi connectivity index (χ3n) is 2.84. The summed E-state index contributed by atoms with van der Waals surface area (Å²) >= 11 is 16.9. The van der Waals surface area contributed by atoms with Gasteiger partial charge in [-0.1, -0.05) is 63.0 Å². The fraction of sp³-hybridized carbons (Fsp3) is 0.0667. The standard InChI is InChI=1S/C15H9BrCl2N2OS/c16-11-3-1-2-9(6-11)14-19-20-15(21-14)22-8-10-4-5-12(17)7-13(10)18/h1-7H,8H2. The Morgan fingerprint density at radius 3 is 2.73 bits per heavy atom. The number of halogens is 3. The zero-order valence-corrected chi connectivity index (χ0v) is 15.0. The van der Waals surface area contributed by atoms with Crippen LogP contribution in [0.2, 0.25) is 10.0 Å². The molecule has 0 aliphatic heterocycles. The SMILES string of the molecule is Clc1ccc(CSc2nnc(-c3cccc(Br)c3)o2)c(Cl)c1. The Bertz CT molecular complexity index is 810. The lowest BCUT2D eigenvalue weighted by molar-refractivity contribution is 0.466. The maximum absolute atomic E-state index is 6.14. The molecule has 3 aromatic rings. The summed E-state index contributed by atoms with van der Waals surface area (Å²) in [5.41, 5.74) is 1.84. The van der Waals surface area contributed by atoms with E-state index in [4.69, 9.17) is 27.6 Å². The van der Waals surface area contributed by atoms with Crippen molar-refractivity contribution >= 4 is 50.9 Å². The molecule has 0 amide bonds. The molecule has 22 heavy (non-hydrogen) atoms. The molecule has 3 rings (SSSR count). The fourth-order valence-corrected chi connectivity index (χ4v) is 3.51. The van der Waals surface area contributed by atoms with Gasteiger partial charge in [0.1, 0.15) is 0 Å². The van der Waals surface area contributed by atoms with Crippen LogP contribution < -0.4 is 0 Å². The number of hydrogen-bond donors (Lipinski definition) is 0. The molecule has 1 aromatic heterocycles. The first-order valence-electron chi connectivity index (χ1n) is 6.28. The Morgan fingerprint density at radius 1 is 1.09 bits per heavy atom. The molecule has 0 spiro atoms. The van der Waals surface area contributed by atoms with Crippen LogP contribution in [0.4, 0.5) is 0 Å². The van der Waals surface area contributed by atoms with Crippen molar-refractivity contribution in [3.05, 3.63) is 62.5 Å². The molecule has 0 aliphatic rings. The molecule has 0 unspecified atom stereocenters. The van der Waals surface area contributed by atoms with Gasteiger partial charge >= 0.3 is 0 Å². The van der Waals surface area contributed by atoms with E-state index >= 15 is 0 Å². The predicted molar refractivity (Wildman–Crippen MR) is 93.5 cm³/mol. The number of rotatable bonds is 4. The first kappa shape index (κ1) is 15.9. The number of benzene rings is 2. The third-order valence-corrected chi connectivity index (χ3v) is 4.79. The summed E-state index contributed by atoms with van der Waals surface area (Å²) in [5, 5.41) is 9.86. The molecule has 0 aliphatic carbocycles. The van der Waals surface area contributed by atoms with Gasteiger partial charge in [-0.25, -0.2) is 0 Å². The molecule has 112 valence electrons. The van der Waals surface area contributed by atoms with Crippen LogP contribution in [0, 0.1) is 0 Å². The van der Waals surface area contributed by atoms with Crippen molar-refractivity contribution in [2.45, 2.75) is 11.0 Å². The van der Waals surface area contributed by atoms with Crippen LogP contribution in [-0.4, -0.2) is 10.2 Å². The second kappa shape index (κ2) is 7.04. The topological polar surface area (TPSA) is 38.9 Å². The average Bonchev–Trinajstić information content (AvgIpc) is 2.95. The van der Waals surface area contributed by atoms with E-state index in [-0.39, 0.29) is 0 Å². The maximum atomic E-state index is 6.14. The van der Waals surface area contributed by atoms with Gasteiger partial charge in [0, 0.05) is 25.8 Å². The Kier molecular flexibility index (Phi) is 5.08. The Labute approximate surface area is 150 Å². The zero-order chi connectivity index (χ0) is 15.5. The van der Waals surface area contributed by atoms with Crippen molar-refractivity contribution in [2.24, 2.45) is 0 Å². The number of aromatic nitrogens is 2. The largest absolute Gasteiger partial charge is 0.411 e. The molecule has 0 fully saturated rings. The van der Waals surface area contributed by atoms with Crippen LogP contribution in [0.1, 0.15) is 5.56 Å². The minimum atomic E-state index is 0.492. The first-order valence-corrected chi connectivity index (χ1v) is 8.81. The molecule has 0 N–H and O–H groups in total.